The Bertz CT molecular complexity index is 506. The maximum Gasteiger partial charge on any atom is 0.339 e. The highest BCUT2D eigenvalue weighted by Crippen LogP contribution is 2.36. The van der Waals surface area contributed by atoms with Gasteiger partial charge in [-0.25, -0.2) is 4.79 Å². The minimum Gasteiger partial charge on any atom is -0.493 e. The molecule has 1 unspecified atom stereocenters. The Labute approximate surface area is 111 Å². The third-order valence-corrected chi connectivity index (χ3v) is 2.44. The molecule has 6 nitrogen and oxygen atoms in total. The van der Waals surface area contributed by atoms with Crippen molar-refractivity contribution in [1.29, 1.82) is 5.26 Å². The Morgan fingerprint density at radius 1 is 1.42 bits per heavy atom. The van der Waals surface area contributed by atoms with Crippen LogP contribution in [0.2, 0.25) is 0 Å². The summed E-state index contributed by atoms with van der Waals surface area (Å²) < 4.78 is 14.9. The molecule has 0 radical (unpaired) electrons. The van der Waals surface area contributed by atoms with Crippen molar-refractivity contribution in [3.8, 4) is 17.6 Å². The Hall–Kier alpha value is -2.26. The summed E-state index contributed by atoms with van der Waals surface area (Å²) in [4.78, 5) is 11.6. The topological polar surface area (TPSA) is 88.8 Å². The Kier molecular flexibility index (Phi) is 5.15. The highest BCUT2D eigenvalue weighted by molar-refractivity contribution is 5.78. The van der Waals surface area contributed by atoms with Gasteiger partial charge in [-0.3, -0.25) is 0 Å². The number of benzene rings is 1. The maximum atomic E-state index is 11.6. The van der Waals surface area contributed by atoms with E-state index in [9.17, 15) is 9.90 Å². The van der Waals surface area contributed by atoms with Crippen LogP contribution in [0.3, 0.4) is 0 Å². The molecule has 1 atom stereocenters. The predicted octanol–water partition coefficient (Wildman–Crippen LogP) is 1.17. The van der Waals surface area contributed by atoms with Gasteiger partial charge in [-0.1, -0.05) is 0 Å². The molecule has 1 N–H and O–H groups in total. The SMILES string of the molecule is CCOC(=O)C(O)c1cc(C#N)cc(OC)c1OC. The van der Waals surface area contributed by atoms with E-state index in [0.717, 1.165) is 0 Å². The molecule has 0 spiro atoms. The lowest BCUT2D eigenvalue weighted by Crippen LogP contribution is -2.16. The molecule has 0 aromatic heterocycles. The summed E-state index contributed by atoms with van der Waals surface area (Å²) in [5.41, 5.74) is 0.382. The number of hydrogen-bond donors (Lipinski definition) is 1. The van der Waals surface area contributed by atoms with E-state index in [1.165, 1.54) is 26.4 Å². The molecule has 0 heterocycles. The average molecular weight is 265 g/mol. The summed E-state index contributed by atoms with van der Waals surface area (Å²) >= 11 is 0. The normalized spacial score (nSPS) is 11.3. The van der Waals surface area contributed by atoms with E-state index >= 15 is 0 Å². The zero-order valence-corrected chi connectivity index (χ0v) is 11.0. The van der Waals surface area contributed by atoms with Gasteiger partial charge in [0.1, 0.15) is 0 Å². The van der Waals surface area contributed by atoms with E-state index in [0.29, 0.717) is 0 Å². The lowest BCUT2D eigenvalue weighted by Gasteiger charge is -2.16. The van der Waals surface area contributed by atoms with Crippen LogP contribution in [0.25, 0.3) is 0 Å². The van der Waals surface area contributed by atoms with E-state index < -0.39 is 12.1 Å². The first-order chi connectivity index (χ1) is 9.08. The molecule has 0 amide bonds. The quantitative estimate of drug-likeness (QED) is 0.804. The largest absolute Gasteiger partial charge is 0.493 e. The molecule has 0 fully saturated rings. The van der Waals surface area contributed by atoms with Crippen molar-refractivity contribution in [3.05, 3.63) is 23.3 Å². The number of aliphatic hydroxyl groups excluding tert-OH is 1. The van der Waals surface area contributed by atoms with E-state index in [4.69, 9.17) is 19.5 Å². The lowest BCUT2D eigenvalue weighted by molar-refractivity contribution is -0.153. The molecule has 102 valence electrons. The molecule has 0 saturated heterocycles. The molecule has 0 bridgehead atoms. The number of nitriles is 1. The van der Waals surface area contributed by atoms with Crippen molar-refractivity contribution in [1.82, 2.24) is 0 Å². The number of esters is 1. The smallest absolute Gasteiger partial charge is 0.339 e. The number of carbonyl (C=O) groups is 1. The van der Waals surface area contributed by atoms with Crippen LogP contribution in [0.1, 0.15) is 24.2 Å². The van der Waals surface area contributed by atoms with Gasteiger partial charge in [0.15, 0.2) is 17.6 Å². The van der Waals surface area contributed by atoms with Gasteiger partial charge in [0, 0.05) is 11.6 Å². The molecular weight excluding hydrogens is 250 g/mol. The number of hydrogen-bond acceptors (Lipinski definition) is 6. The van der Waals surface area contributed by atoms with Gasteiger partial charge in [-0.05, 0) is 13.0 Å². The van der Waals surface area contributed by atoms with Crippen LogP contribution in [-0.4, -0.2) is 31.9 Å². The van der Waals surface area contributed by atoms with Gasteiger partial charge in [-0.2, -0.15) is 5.26 Å². The summed E-state index contributed by atoms with van der Waals surface area (Å²) in [7, 11) is 2.78. The standard InChI is InChI=1S/C13H15NO5/c1-4-19-13(16)11(15)9-5-8(7-14)6-10(17-2)12(9)18-3/h5-6,11,15H,4H2,1-3H3. The number of aliphatic hydroxyl groups is 1. The molecule has 1 aromatic rings. The Balaban J connectivity index is 3.31. The molecule has 6 heteroatoms. The number of ether oxygens (including phenoxy) is 3. The van der Waals surface area contributed by atoms with E-state index in [2.05, 4.69) is 0 Å². The summed E-state index contributed by atoms with van der Waals surface area (Å²) in [5.74, 6) is -0.347. The van der Waals surface area contributed by atoms with E-state index in [-0.39, 0.29) is 29.2 Å². The molecule has 1 rings (SSSR count). The van der Waals surface area contributed by atoms with Crippen LogP contribution in [0.4, 0.5) is 0 Å². The summed E-state index contributed by atoms with van der Waals surface area (Å²) in [6.07, 6.45) is -1.53. The van der Waals surface area contributed by atoms with Crippen molar-refractivity contribution in [2.24, 2.45) is 0 Å². The van der Waals surface area contributed by atoms with E-state index in [1.54, 1.807) is 6.92 Å². The second-order valence-electron chi connectivity index (χ2n) is 3.57. The van der Waals surface area contributed by atoms with Gasteiger partial charge in [0.05, 0.1) is 32.5 Å². The molecule has 0 aliphatic rings. The van der Waals surface area contributed by atoms with Gasteiger partial charge in [-0.15, -0.1) is 0 Å². The number of methoxy groups -OCH3 is 2. The van der Waals surface area contributed by atoms with Crippen LogP contribution in [0.5, 0.6) is 11.5 Å². The van der Waals surface area contributed by atoms with Crippen LogP contribution in [0, 0.1) is 11.3 Å². The second kappa shape index (κ2) is 6.61. The molecule has 1 aromatic carbocycles. The Morgan fingerprint density at radius 3 is 2.58 bits per heavy atom. The molecule has 0 saturated carbocycles. The zero-order valence-electron chi connectivity index (χ0n) is 11.0. The number of carbonyl (C=O) groups excluding carboxylic acids is 1. The van der Waals surface area contributed by atoms with E-state index in [1.807, 2.05) is 6.07 Å². The van der Waals surface area contributed by atoms with Crippen molar-refractivity contribution < 1.29 is 24.1 Å². The summed E-state index contributed by atoms with van der Waals surface area (Å²) in [5, 5.41) is 18.9. The third-order valence-electron chi connectivity index (χ3n) is 2.44. The number of rotatable bonds is 5. The fourth-order valence-electron chi connectivity index (χ4n) is 1.61. The summed E-state index contributed by atoms with van der Waals surface area (Å²) in [6.45, 7) is 1.78. The first kappa shape index (κ1) is 14.8. The van der Waals surface area contributed by atoms with Gasteiger partial charge >= 0.3 is 5.97 Å². The first-order valence-electron chi connectivity index (χ1n) is 5.59. The minimum absolute atomic E-state index is 0.136. The molecular formula is C13H15NO5. The zero-order chi connectivity index (χ0) is 14.4. The molecule has 19 heavy (non-hydrogen) atoms. The first-order valence-corrected chi connectivity index (χ1v) is 5.59. The van der Waals surface area contributed by atoms with Gasteiger partial charge in [0.2, 0.25) is 0 Å². The van der Waals surface area contributed by atoms with Crippen LogP contribution in [0.15, 0.2) is 12.1 Å². The second-order valence-corrected chi connectivity index (χ2v) is 3.57. The predicted molar refractivity (Wildman–Crippen MR) is 65.9 cm³/mol. The van der Waals surface area contributed by atoms with Crippen LogP contribution < -0.4 is 9.47 Å². The van der Waals surface area contributed by atoms with Gasteiger partial charge < -0.3 is 19.3 Å². The van der Waals surface area contributed by atoms with Gasteiger partial charge in [0.25, 0.3) is 0 Å². The van der Waals surface area contributed by atoms with Crippen molar-refractivity contribution >= 4 is 5.97 Å². The van der Waals surface area contributed by atoms with Crippen molar-refractivity contribution in [3.63, 3.8) is 0 Å². The number of nitrogens with zero attached hydrogens (tertiary/aromatic N) is 1. The molecule has 0 aliphatic heterocycles. The fraction of sp³-hybridized carbons (Fsp3) is 0.385. The highest BCUT2D eigenvalue weighted by atomic mass is 16.5. The minimum atomic E-state index is -1.53. The summed E-state index contributed by atoms with van der Waals surface area (Å²) in [6, 6.07) is 4.74. The van der Waals surface area contributed by atoms with Crippen molar-refractivity contribution in [2.45, 2.75) is 13.0 Å². The average Bonchev–Trinajstić information content (AvgIpc) is 2.44. The fourth-order valence-corrected chi connectivity index (χ4v) is 1.61. The van der Waals surface area contributed by atoms with Crippen molar-refractivity contribution in [2.75, 3.05) is 20.8 Å². The van der Waals surface area contributed by atoms with Crippen LogP contribution in [-0.2, 0) is 9.53 Å². The molecule has 0 aliphatic carbocycles. The Morgan fingerprint density at radius 2 is 2.11 bits per heavy atom. The maximum absolute atomic E-state index is 11.6. The monoisotopic (exact) mass is 265 g/mol. The van der Waals surface area contributed by atoms with Crippen LogP contribution >= 0.6 is 0 Å². The lowest BCUT2D eigenvalue weighted by atomic mass is 10.0. The highest BCUT2D eigenvalue weighted by Gasteiger charge is 2.25. The third kappa shape index (κ3) is 3.14.